The number of fused-ring (bicyclic) bond motifs is 1. The molecule has 0 bridgehead atoms. The number of halogens is 2. The molecule has 0 unspecified atom stereocenters. The highest BCUT2D eigenvalue weighted by atomic mass is 19.1. The maximum Gasteiger partial charge on any atom is 0.163 e. The van der Waals surface area contributed by atoms with Crippen LogP contribution in [0.5, 0.6) is 5.75 Å². The fraction of sp³-hybridized carbons (Fsp3) is 0.130. The van der Waals surface area contributed by atoms with Gasteiger partial charge in [0.25, 0.3) is 0 Å². The molecule has 0 spiro atoms. The third kappa shape index (κ3) is 4.32. The molecule has 0 amide bonds. The molecule has 2 aromatic carbocycles. The first-order chi connectivity index (χ1) is 14.1. The summed E-state index contributed by atoms with van der Waals surface area (Å²) in [5.41, 5.74) is 2.19. The van der Waals surface area contributed by atoms with Gasteiger partial charge in [-0.25, -0.2) is 13.8 Å². The summed E-state index contributed by atoms with van der Waals surface area (Å²) >= 11 is 0. The van der Waals surface area contributed by atoms with Crippen molar-refractivity contribution in [2.24, 2.45) is 0 Å². The molecular formula is C23H18F2N2O2. The Hall–Kier alpha value is -3.54. The highest BCUT2D eigenvalue weighted by Crippen LogP contribution is 2.21. The van der Waals surface area contributed by atoms with Crippen molar-refractivity contribution >= 4 is 11.3 Å². The Bertz CT molecular complexity index is 1170. The highest BCUT2D eigenvalue weighted by Gasteiger charge is 2.11. The van der Waals surface area contributed by atoms with Crippen LogP contribution in [-0.4, -0.2) is 15.2 Å². The van der Waals surface area contributed by atoms with Crippen molar-refractivity contribution in [3.63, 3.8) is 0 Å². The first-order valence-corrected chi connectivity index (χ1v) is 9.20. The van der Waals surface area contributed by atoms with Crippen LogP contribution in [0.1, 0.15) is 27.9 Å². The van der Waals surface area contributed by atoms with Gasteiger partial charge in [0, 0.05) is 23.7 Å². The highest BCUT2D eigenvalue weighted by molar-refractivity contribution is 5.97. The lowest BCUT2D eigenvalue weighted by molar-refractivity contribution is 0.0982. The Morgan fingerprint density at radius 1 is 1.00 bits per heavy atom. The summed E-state index contributed by atoms with van der Waals surface area (Å²) in [4.78, 5) is 16.5. The number of pyridine rings is 1. The van der Waals surface area contributed by atoms with E-state index in [0.717, 1.165) is 5.52 Å². The molecule has 0 fully saturated rings. The molecule has 2 aromatic heterocycles. The predicted octanol–water partition coefficient (Wildman–Crippen LogP) is 5.01. The molecule has 0 aliphatic rings. The molecule has 0 aliphatic carbocycles. The van der Waals surface area contributed by atoms with E-state index in [9.17, 15) is 13.6 Å². The summed E-state index contributed by atoms with van der Waals surface area (Å²) in [6.07, 6.45) is 5.51. The molecule has 0 atom stereocenters. The lowest BCUT2D eigenvalue weighted by Gasteiger charge is -2.10. The van der Waals surface area contributed by atoms with E-state index in [2.05, 4.69) is 4.98 Å². The standard InChI is InChI=1S/C23H18F2N2O2/c24-21-4-2-1-3-18(21)14-29-20-6-7-22(25)16(12-20)5-8-23(28)17-9-10-27-15-26-13-19(27)11-17/h1-4,6-7,9-13,15H,5,8,14H2. The molecule has 4 rings (SSSR count). The van der Waals surface area contributed by atoms with Crippen LogP contribution < -0.4 is 4.74 Å². The monoisotopic (exact) mass is 392 g/mol. The number of aromatic nitrogens is 2. The molecule has 0 saturated heterocycles. The number of carbonyl (C=O) groups is 1. The van der Waals surface area contributed by atoms with Gasteiger partial charge in [0.2, 0.25) is 0 Å². The van der Waals surface area contributed by atoms with E-state index < -0.39 is 5.82 Å². The van der Waals surface area contributed by atoms with Crippen molar-refractivity contribution < 1.29 is 18.3 Å². The average molecular weight is 392 g/mol. The summed E-state index contributed by atoms with van der Waals surface area (Å²) < 4.78 is 35.3. The number of hydrogen-bond donors (Lipinski definition) is 0. The fourth-order valence-corrected chi connectivity index (χ4v) is 3.09. The summed E-state index contributed by atoms with van der Waals surface area (Å²) in [5, 5.41) is 0. The molecule has 146 valence electrons. The summed E-state index contributed by atoms with van der Waals surface area (Å²) in [6.45, 7) is 0.0437. The third-order valence-corrected chi connectivity index (χ3v) is 4.73. The van der Waals surface area contributed by atoms with Crippen LogP contribution in [-0.2, 0) is 13.0 Å². The van der Waals surface area contributed by atoms with Gasteiger partial charge in [-0.05, 0) is 48.4 Å². The number of ether oxygens (including phenoxy) is 1. The van der Waals surface area contributed by atoms with Crippen molar-refractivity contribution in [3.8, 4) is 5.75 Å². The topological polar surface area (TPSA) is 43.6 Å². The maximum atomic E-state index is 14.2. The third-order valence-electron chi connectivity index (χ3n) is 4.73. The van der Waals surface area contributed by atoms with Gasteiger partial charge in [-0.2, -0.15) is 0 Å². The van der Waals surface area contributed by atoms with Gasteiger partial charge in [0.15, 0.2) is 5.78 Å². The Labute approximate surface area is 166 Å². The fourth-order valence-electron chi connectivity index (χ4n) is 3.09. The van der Waals surface area contributed by atoms with Gasteiger partial charge in [-0.15, -0.1) is 0 Å². The molecule has 4 nitrogen and oxygen atoms in total. The van der Waals surface area contributed by atoms with Crippen LogP contribution in [0.15, 0.2) is 73.3 Å². The predicted molar refractivity (Wildman–Crippen MR) is 105 cm³/mol. The van der Waals surface area contributed by atoms with E-state index in [-0.39, 0.29) is 31.0 Å². The van der Waals surface area contributed by atoms with Crippen molar-refractivity contribution in [3.05, 3.63) is 102 Å². The number of benzene rings is 2. The van der Waals surface area contributed by atoms with Gasteiger partial charge in [0.1, 0.15) is 24.0 Å². The maximum absolute atomic E-state index is 14.2. The van der Waals surface area contributed by atoms with Gasteiger partial charge in [-0.3, -0.25) is 4.79 Å². The number of ketones is 1. The van der Waals surface area contributed by atoms with Gasteiger partial charge < -0.3 is 9.14 Å². The Balaban J connectivity index is 1.42. The largest absolute Gasteiger partial charge is 0.489 e. The van der Waals surface area contributed by atoms with Gasteiger partial charge >= 0.3 is 0 Å². The molecule has 0 aliphatic heterocycles. The van der Waals surface area contributed by atoms with E-state index in [1.165, 1.54) is 18.2 Å². The minimum absolute atomic E-state index is 0.0437. The van der Waals surface area contributed by atoms with E-state index in [1.807, 2.05) is 4.40 Å². The van der Waals surface area contributed by atoms with Gasteiger partial charge in [0.05, 0.1) is 18.0 Å². The molecule has 0 radical (unpaired) electrons. The summed E-state index contributed by atoms with van der Waals surface area (Å²) in [5.74, 6) is -0.401. The van der Waals surface area contributed by atoms with Crippen molar-refractivity contribution in [1.82, 2.24) is 9.38 Å². The van der Waals surface area contributed by atoms with Crippen LogP contribution in [0, 0.1) is 11.6 Å². The molecule has 2 heterocycles. The summed E-state index contributed by atoms with van der Waals surface area (Å²) in [7, 11) is 0. The van der Waals surface area contributed by atoms with Crippen LogP contribution in [0.25, 0.3) is 5.52 Å². The minimum atomic E-state index is -0.401. The first kappa shape index (κ1) is 18.8. The van der Waals surface area contributed by atoms with Crippen LogP contribution >= 0.6 is 0 Å². The Kier molecular flexibility index (Phi) is 5.33. The molecule has 0 saturated carbocycles. The zero-order valence-electron chi connectivity index (χ0n) is 15.5. The zero-order valence-corrected chi connectivity index (χ0v) is 15.5. The van der Waals surface area contributed by atoms with Crippen molar-refractivity contribution in [2.45, 2.75) is 19.4 Å². The van der Waals surface area contributed by atoms with Crippen LogP contribution in [0.2, 0.25) is 0 Å². The molecule has 6 heteroatoms. The Morgan fingerprint density at radius 3 is 2.69 bits per heavy atom. The van der Waals surface area contributed by atoms with E-state index in [4.69, 9.17) is 4.74 Å². The lowest BCUT2D eigenvalue weighted by atomic mass is 10.0. The molecular weight excluding hydrogens is 374 g/mol. The van der Waals surface area contributed by atoms with Crippen molar-refractivity contribution in [1.29, 1.82) is 0 Å². The lowest BCUT2D eigenvalue weighted by Crippen LogP contribution is -2.04. The Morgan fingerprint density at radius 2 is 1.83 bits per heavy atom. The zero-order chi connectivity index (χ0) is 20.2. The number of nitrogens with zero attached hydrogens (tertiary/aromatic N) is 2. The molecule has 4 aromatic rings. The quantitative estimate of drug-likeness (QED) is 0.416. The summed E-state index contributed by atoms with van der Waals surface area (Å²) in [6, 6.07) is 14.2. The van der Waals surface area contributed by atoms with E-state index in [0.29, 0.717) is 22.4 Å². The molecule has 0 N–H and O–H groups in total. The smallest absolute Gasteiger partial charge is 0.163 e. The van der Waals surface area contributed by atoms with Gasteiger partial charge in [-0.1, -0.05) is 18.2 Å². The SMILES string of the molecule is O=C(CCc1cc(OCc2ccccc2F)ccc1F)c1ccn2cncc2c1. The number of Topliss-reactive ketones (excluding diaryl/α,β-unsaturated/α-hetero) is 1. The molecule has 29 heavy (non-hydrogen) atoms. The number of hydrogen-bond acceptors (Lipinski definition) is 3. The number of imidazole rings is 1. The van der Waals surface area contributed by atoms with Crippen LogP contribution in [0.3, 0.4) is 0 Å². The first-order valence-electron chi connectivity index (χ1n) is 9.20. The number of rotatable bonds is 7. The minimum Gasteiger partial charge on any atom is -0.489 e. The van der Waals surface area contributed by atoms with E-state index in [1.54, 1.807) is 55.1 Å². The normalized spacial score (nSPS) is 11.0. The second-order valence-electron chi connectivity index (χ2n) is 6.70. The van der Waals surface area contributed by atoms with E-state index >= 15 is 0 Å². The number of aryl methyl sites for hydroxylation is 1. The number of carbonyl (C=O) groups excluding carboxylic acids is 1. The second-order valence-corrected chi connectivity index (χ2v) is 6.70. The van der Waals surface area contributed by atoms with Crippen LogP contribution in [0.4, 0.5) is 8.78 Å². The average Bonchev–Trinajstić information content (AvgIpc) is 3.21. The second kappa shape index (κ2) is 8.22. The van der Waals surface area contributed by atoms with Crippen molar-refractivity contribution in [2.75, 3.05) is 0 Å².